The SMILES string of the molecule is CN=C(NCC1CCc2nnc(C)n2C1)N1CCN(C(=O)C2CCCO2)CC1.I. The Bertz CT molecular complexity index is 724. The van der Waals surface area contributed by atoms with Gasteiger partial charge in [0.2, 0.25) is 0 Å². The molecule has 0 aromatic carbocycles. The Morgan fingerprint density at radius 3 is 2.66 bits per heavy atom. The summed E-state index contributed by atoms with van der Waals surface area (Å²) in [4.78, 5) is 21.2. The molecule has 0 aliphatic carbocycles. The number of hydrogen-bond acceptors (Lipinski definition) is 5. The second-order valence-electron chi connectivity index (χ2n) is 7.92. The number of aryl methyl sites for hydroxylation is 2. The highest BCUT2D eigenvalue weighted by molar-refractivity contribution is 14.0. The van der Waals surface area contributed by atoms with Gasteiger partial charge in [0.05, 0.1) is 0 Å². The normalized spacial score (nSPS) is 24.8. The molecule has 9 nitrogen and oxygen atoms in total. The summed E-state index contributed by atoms with van der Waals surface area (Å²) in [6.07, 6.45) is 3.73. The summed E-state index contributed by atoms with van der Waals surface area (Å²) in [5, 5.41) is 12.0. The van der Waals surface area contributed by atoms with Crippen LogP contribution in [-0.4, -0.2) is 88.9 Å². The third kappa shape index (κ3) is 5.01. The zero-order valence-corrected chi connectivity index (χ0v) is 19.7. The van der Waals surface area contributed by atoms with Crippen LogP contribution in [0.2, 0.25) is 0 Å². The van der Waals surface area contributed by atoms with Gasteiger partial charge in [-0.15, -0.1) is 34.2 Å². The molecule has 1 N–H and O–H groups in total. The Hall–Kier alpha value is -1.43. The van der Waals surface area contributed by atoms with Crippen molar-refractivity contribution in [3.8, 4) is 0 Å². The Labute approximate surface area is 189 Å². The number of nitrogens with zero attached hydrogens (tertiary/aromatic N) is 6. The summed E-state index contributed by atoms with van der Waals surface area (Å²) in [7, 11) is 1.83. The van der Waals surface area contributed by atoms with Crippen LogP contribution in [0.5, 0.6) is 0 Å². The van der Waals surface area contributed by atoms with E-state index in [1.807, 2.05) is 18.9 Å². The molecular formula is C19H32IN7O2. The Kier molecular flexibility index (Phi) is 7.72. The monoisotopic (exact) mass is 517 g/mol. The fourth-order valence-corrected chi connectivity index (χ4v) is 4.38. The van der Waals surface area contributed by atoms with Gasteiger partial charge >= 0.3 is 0 Å². The van der Waals surface area contributed by atoms with Crippen LogP contribution in [0.1, 0.15) is 30.9 Å². The van der Waals surface area contributed by atoms with E-state index in [1.165, 1.54) is 0 Å². The highest BCUT2D eigenvalue weighted by Gasteiger charge is 2.31. The molecule has 1 aromatic rings. The van der Waals surface area contributed by atoms with Gasteiger partial charge in [-0.2, -0.15) is 0 Å². The lowest BCUT2D eigenvalue weighted by Crippen LogP contribution is -2.55. The minimum absolute atomic E-state index is 0. The molecule has 3 aliphatic rings. The Morgan fingerprint density at radius 1 is 1.21 bits per heavy atom. The molecule has 4 heterocycles. The molecule has 3 aliphatic heterocycles. The number of carbonyl (C=O) groups is 1. The summed E-state index contributed by atoms with van der Waals surface area (Å²) < 4.78 is 7.78. The summed E-state index contributed by atoms with van der Waals surface area (Å²) in [6, 6.07) is 0. The van der Waals surface area contributed by atoms with Crippen LogP contribution in [0.25, 0.3) is 0 Å². The van der Waals surface area contributed by atoms with Crippen LogP contribution in [0, 0.1) is 12.8 Å². The van der Waals surface area contributed by atoms with E-state index in [0.29, 0.717) is 12.5 Å². The Balaban J connectivity index is 0.00000240. The summed E-state index contributed by atoms with van der Waals surface area (Å²) >= 11 is 0. The van der Waals surface area contributed by atoms with Gasteiger partial charge in [-0.1, -0.05) is 0 Å². The topological polar surface area (TPSA) is 87.9 Å². The van der Waals surface area contributed by atoms with E-state index in [2.05, 4.69) is 30.0 Å². The summed E-state index contributed by atoms with van der Waals surface area (Å²) in [5.41, 5.74) is 0. The van der Waals surface area contributed by atoms with E-state index in [0.717, 1.165) is 82.6 Å². The van der Waals surface area contributed by atoms with E-state index < -0.39 is 0 Å². The molecule has 0 saturated carbocycles. The maximum atomic E-state index is 12.5. The fraction of sp³-hybridized carbons (Fsp3) is 0.789. The smallest absolute Gasteiger partial charge is 0.251 e. The third-order valence-corrected chi connectivity index (χ3v) is 6.09. The molecule has 4 rings (SSSR count). The number of rotatable bonds is 3. The number of ether oxygens (including phenoxy) is 1. The van der Waals surface area contributed by atoms with Gasteiger partial charge in [-0.25, -0.2) is 0 Å². The second kappa shape index (κ2) is 10.1. The van der Waals surface area contributed by atoms with Crippen molar-refractivity contribution in [2.75, 3.05) is 46.4 Å². The molecule has 0 spiro atoms. The molecule has 2 fully saturated rings. The number of aromatic nitrogens is 3. The minimum Gasteiger partial charge on any atom is -0.368 e. The van der Waals surface area contributed by atoms with Crippen LogP contribution in [0.15, 0.2) is 4.99 Å². The summed E-state index contributed by atoms with van der Waals surface area (Å²) in [6.45, 7) is 7.64. The largest absolute Gasteiger partial charge is 0.368 e. The molecule has 2 atom stereocenters. The molecule has 29 heavy (non-hydrogen) atoms. The van der Waals surface area contributed by atoms with Crippen molar-refractivity contribution in [1.82, 2.24) is 29.9 Å². The first-order chi connectivity index (χ1) is 13.7. The first-order valence-corrected chi connectivity index (χ1v) is 10.4. The molecule has 10 heteroatoms. The van der Waals surface area contributed by atoms with Gasteiger partial charge in [0.15, 0.2) is 5.96 Å². The lowest BCUT2D eigenvalue weighted by molar-refractivity contribution is -0.142. The number of halogens is 1. The van der Waals surface area contributed by atoms with Gasteiger partial charge in [0, 0.05) is 59.3 Å². The standard InChI is InChI=1S/C19H31N7O2.HI/c1-14-22-23-17-6-5-15(13-26(14)17)12-21-19(20-2)25-9-7-24(8-10-25)18(27)16-4-3-11-28-16;/h15-16H,3-13H2,1-2H3,(H,20,21);1H. The number of hydrogen-bond donors (Lipinski definition) is 1. The number of guanidine groups is 1. The molecule has 1 aromatic heterocycles. The van der Waals surface area contributed by atoms with Crippen LogP contribution >= 0.6 is 24.0 Å². The average molecular weight is 517 g/mol. The van der Waals surface area contributed by atoms with Crippen molar-refractivity contribution in [2.45, 2.75) is 45.3 Å². The van der Waals surface area contributed by atoms with Crippen molar-refractivity contribution >= 4 is 35.8 Å². The molecule has 162 valence electrons. The zero-order chi connectivity index (χ0) is 19.5. The van der Waals surface area contributed by atoms with Crippen LogP contribution < -0.4 is 5.32 Å². The number of aliphatic imine (C=N–C) groups is 1. The molecule has 1 amide bonds. The minimum atomic E-state index is -0.221. The van der Waals surface area contributed by atoms with Crippen molar-refractivity contribution in [2.24, 2.45) is 10.9 Å². The van der Waals surface area contributed by atoms with Crippen LogP contribution in [0.4, 0.5) is 0 Å². The van der Waals surface area contributed by atoms with Gasteiger partial charge in [-0.3, -0.25) is 9.79 Å². The van der Waals surface area contributed by atoms with Crippen molar-refractivity contribution in [3.05, 3.63) is 11.6 Å². The summed E-state index contributed by atoms with van der Waals surface area (Å²) in [5.74, 6) is 3.72. The second-order valence-corrected chi connectivity index (χ2v) is 7.92. The Morgan fingerprint density at radius 2 is 1.97 bits per heavy atom. The van der Waals surface area contributed by atoms with E-state index >= 15 is 0 Å². The van der Waals surface area contributed by atoms with Crippen molar-refractivity contribution in [3.63, 3.8) is 0 Å². The van der Waals surface area contributed by atoms with Gasteiger partial charge in [0.1, 0.15) is 17.8 Å². The van der Waals surface area contributed by atoms with Crippen molar-refractivity contribution in [1.29, 1.82) is 0 Å². The first kappa shape index (κ1) is 22.3. The lowest BCUT2D eigenvalue weighted by atomic mass is 9.99. The number of fused-ring (bicyclic) bond motifs is 1. The predicted octanol–water partition coefficient (Wildman–Crippen LogP) is 0.666. The van der Waals surface area contributed by atoms with Crippen LogP contribution in [-0.2, 0) is 22.5 Å². The number of carbonyl (C=O) groups excluding carboxylic acids is 1. The van der Waals surface area contributed by atoms with Gasteiger partial charge in [-0.05, 0) is 32.1 Å². The maximum Gasteiger partial charge on any atom is 0.251 e. The number of nitrogens with one attached hydrogen (secondary N) is 1. The third-order valence-electron chi connectivity index (χ3n) is 6.09. The first-order valence-electron chi connectivity index (χ1n) is 10.4. The quantitative estimate of drug-likeness (QED) is 0.361. The van der Waals surface area contributed by atoms with E-state index in [9.17, 15) is 4.79 Å². The molecule has 0 bridgehead atoms. The lowest BCUT2D eigenvalue weighted by Gasteiger charge is -2.37. The molecule has 2 unspecified atom stereocenters. The average Bonchev–Trinajstić information content (AvgIpc) is 3.39. The maximum absolute atomic E-state index is 12.5. The fourth-order valence-electron chi connectivity index (χ4n) is 4.38. The van der Waals surface area contributed by atoms with Crippen molar-refractivity contribution < 1.29 is 9.53 Å². The number of amides is 1. The highest BCUT2D eigenvalue weighted by atomic mass is 127. The van der Waals surface area contributed by atoms with Gasteiger partial charge < -0.3 is 24.4 Å². The molecule has 2 saturated heterocycles. The van der Waals surface area contributed by atoms with E-state index in [4.69, 9.17) is 4.74 Å². The van der Waals surface area contributed by atoms with Crippen LogP contribution in [0.3, 0.4) is 0 Å². The van der Waals surface area contributed by atoms with Gasteiger partial charge in [0.25, 0.3) is 5.91 Å². The zero-order valence-electron chi connectivity index (χ0n) is 17.3. The number of piperazine rings is 1. The highest BCUT2D eigenvalue weighted by Crippen LogP contribution is 2.19. The van der Waals surface area contributed by atoms with E-state index in [-0.39, 0.29) is 36.0 Å². The molecular weight excluding hydrogens is 485 g/mol. The van der Waals surface area contributed by atoms with E-state index in [1.54, 1.807) is 0 Å². The molecule has 0 radical (unpaired) electrons. The predicted molar refractivity (Wildman–Crippen MR) is 120 cm³/mol.